The lowest BCUT2D eigenvalue weighted by molar-refractivity contribution is 0.100. The number of nitrogens with zero attached hydrogens (tertiary/aromatic N) is 5. The summed E-state index contributed by atoms with van der Waals surface area (Å²) in [6, 6.07) is 7.71. The lowest BCUT2D eigenvalue weighted by Crippen LogP contribution is -2.50. The van der Waals surface area contributed by atoms with Gasteiger partial charge in [-0.2, -0.15) is 10.4 Å². The van der Waals surface area contributed by atoms with Gasteiger partial charge in [0.05, 0.1) is 30.1 Å². The van der Waals surface area contributed by atoms with Gasteiger partial charge in [0.15, 0.2) is 0 Å². The van der Waals surface area contributed by atoms with Gasteiger partial charge in [-0.3, -0.25) is 0 Å². The van der Waals surface area contributed by atoms with Crippen molar-refractivity contribution >= 4 is 11.6 Å². The molecular formula is C24H28N6O3. The topological polar surface area (TPSA) is 105 Å². The van der Waals surface area contributed by atoms with Crippen molar-refractivity contribution in [1.82, 2.24) is 24.8 Å². The number of carbonyl (C=O) groups excluding carboxylic acids is 1. The number of pyridine rings is 2. The summed E-state index contributed by atoms with van der Waals surface area (Å²) in [7, 11) is 0. The molecule has 1 N–H and O–H groups in total. The van der Waals surface area contributed by atoms with E-state index in [1.54, 1.807) is 27.9 Å². The standard InChI is InChI=1S/C24H28N6O3/c1-4-32-20-11-21(23-18(12-25)14-28-29(23)15-20)17-5-6-22(27-13-17)33-24(31)30(16(2)3)19-7-9-26-10-8-19/h5-6,11,13-16,19,26H,4,7-10H2,1-3H3. The second-order valence-electron chi connectivity index (χ2n) is 8.22. The van der Waals surface area contributed by atoms with Gasteiger partial charge in [0, 0.05) is 35.5 Å². The van der Waals surface area contributed by atoms with Crippen LogP contribution in [0.5, 0.6) is 11.6 Å². The van der Waals surface area contributed by atoms with Crippen LogP contribution in [0.25, 0.3) is 16.6 Å². The van der Waals surface area contributed by atoms with E-state index in [2.05, 4.69) is 21.5 Å². The molecule has 1 fully saturated rings. The number of carbonyl (C=O) groups is 1. The van der Waals surface area contributed by atoms with Crippen LogP contribution in [0.2, 0.25) is 0 Å². The van der Waals surface area contributed by atoms with E-state index < -0.39 is 0 Å². The van der Waals surface area contributed by atoms with Gasteiger partial charge in [-0.05, 0) is 58.8 Å². The van der Waals surface area contributed by atoms with Gasteiger partial charge in [0.1, 0.15) is 11.8 Å². The smallest absolute Gasteiger partial charge is 0.417 e. The van der Waals surface area contributed by atoms with Gasteiger partial charge >= 0.3 is 6.09 Å². The first-order chi connectivity index (χ1) is 16.0. The van der Waals surface area contributed by atoms with Crippen LogP contribution in [0.3, 0.4) is 0 Å². The summed E-state index contributed by atoms with van der Waals surface area (Å²) in [5, 5.41) is 17.1. The first-order valence-electron chi connectivity index (χ1n) is 11.2. The quantitative estimate of drug-likeness (QED) is 0.614. The number of ether oxygens (including phenoxy) is 2. The number of nitriles is 1. The van der Waals surface area contributed by atoms with Gasteiger partial charge in [0.25, 0.3) is 0 Å². The van der Waals surface area contributed by atoms with E-state index in [1.165, 1.54) is 6.20 Å². The Labute approximate surface area is 192 Å². The number of fused-ring (bicyclic) bond motifs is 1. The second-order valence-corrected chi connectivity index (χ2v) is 8.22. The predicted octanol–water partition coefficient (Wildman–Crippen LogP) is 3.63. The summed E-state index contributed by atoms with van der Waals surface area (Å²) in [5.74, 6) is 0.868. The molecule has 4 rings (SSSR count). The average molecular weight is 449 g/mol. The fourth-order valence-corrected chi connectivity index (χ4v) is 4.25. The molecule has 0 bridgehead atoms. The third kappa shape index (κ3) is 4.76. The molecule has 0 unspecified atom stereocenters. The van der Waals surface area contributed by atoms with Crippen LogP contribution >= 0.6 is 0 Å². The number of hydrogen-bond donors (Lipinski definition) is 1. The minimum absolute atomic E-state index is 0.0285. The van der Waals surface area contributed by atoms with E-state index in [4.69, 9.17) is 9.47 Å². The zero-order valence-electron chi connectivity index (χ0n) is 19.1. The molecule has 0 aliphatic carbocycles. The SMILES string of the molecule is CCOc1cc(-c2ccc(OC(=O)N(C(C)C)C3CCNCC3)nc2)c2c(C#N)cnn2c1. The van der Waals surface area contributed by atoms with Crippen molar-refractivity contribution in [3.63, 3.8) is 0 Å². The Hall–Kier alpha value is -3.64. The molecule has 1 aliphatic heterocycles. The highest BCUT2D eigenvalue weighted by Gasteiger charge is 2.29. The van der Waals surface area contributed by atoms with Crippen molar-refractivity contribution in [3.05, 3.63) is 42.4 Å². The number of aromatic nitrogens is 3. The Bertz CT molecular complexity index is 1160. The molecule has 9 nitrogen and oxygen atoms in total. The molecular weight excluding hydrogens is 420 g/mol. The molecule has 0 aromatic carbocycles. The Morgan fingerprint density at radius 1 is 1.33 bits per heavy atom. The number of hydrogen-bond acceptors (Lipinski definition) is 7. The number of nitrogens with one attached hydrogen (secondary N) is 1. The van der Waals surface area contributed by atoms with E-state index in [9.17, 15) is 10.1 Å². The molecule has 0 saturated carbocycles. The molecule has 4 heterocycles. The van der Waals surface area contributed by atoms with Crippen molar-refractivity contribution in [1.29, 1.82) is 5.26 Å². The van der Waals surface area contributed by atoms with E-state index in [0.717, 1.165) is 37.1 Å². The Morgan fingerprint density at radius 2 is 2.12 bits per heavy atom. The molecule has 9 heteroatoms. The van der Waals surface area contributed by atoms with Gasteiger partial charge in [0.2, 0.25) is 5.88 Å². The molecule has 0 radical (unpaired) electrons. The molecule has 1 aliphatic rings. The summed E-state index contributed by atoms with van der Waals surface area (Å²) < 4.78 is 12.9. The molecule has 1 amide bonds. The van der Waals surface area contributed by atoms with Gasteiger partial charge in [-0.15, -0.1) is 0 Å². The largest absolute Gasteiger partial charge is 0.492 e. The first-order valence-corrected chi connectivity index (χ1v) is 11.2. The normalized spacial score (nSPS) is 14.3. The minimum Gasteiger partial charge on any atom is -0.492 e. The van der Waals surface area contributed by atoms with Crippen LogP contribution in [-0.4, -0.2) is 57.4 Å². The third-order valence-electron chi connectivity index (χ3n) is 5.73. The number of amides is 1. The summed E-state index contributed by atoms with van der Waals surface area (Å²) in [5.41, 5.74) is 2.65. The maximum Gasteiger partial charge on any atom is 0.417 e. The maximum absolute atomic E-state index is 12.9. The monoisotopic (exact) mass is 448 g/mol. The average Bonchev–Trinajstić information content (AvgIpc) is 3.23. The van der Waals surface area contributed by atoms with E-state index in [0.29, 0.717) is 23.4 Å². The number of rotatable bonds is 6. The molecule has 3 aromatic rings. The highest BCUT2D eigenvalue weighted by atomic mass is 16.6. The van der Waals surface area contributed by atoms with Crippen LogP contribution in [0.15, 0.2) is 36.8 Å². The summed E-state index contributed by atoms with van der Waals surface area (Å²) in [6.45, 7) is 8.19. The van der Waals surface area contributed by atoms with Crippen molar-refractivity contribution in [2.24, 2.45) is 0 Å². The van der Waals surface area contributed by atoms with E-state index in [1.807, 2.05) is 32.9 Å². The van der Waals surface area contributed by atoms with E-state index in [-0.39, 0.29) is 24.1 Å². The van der Waals surface area contributed by atoms with Gasteiger partial charge in [-0.1, -0.05) is 0 Å². The Kier molecular flexibility index (Phi) is 6.75. The Balaban J connectivity index is 1.59. The fraction of sp³-hybridized carbons (Fsp3) is 0.417. The minimum atomic E-state index is -0.388. The van der Waals surface area contributed by atoms with Crippen molar-refractivity contribution in [2.45, 2.75) is 45.7 Å². The van der Waals surface area contributed by atoms with Gasteiger partial charge < -0.3 is 19.7 Å². The molecule has 3 aromatic heterocycles. The first kappa shape index (κ1) is 22.6. The van der Waals surface area contributed by atoms with Crippen LogP contribution in [-0.2, 0) is 0 Å². The third-order valence-corrected chi connectivity index (χ3v) is 5.73. The lowest BCUT2D eigenvalue weighted by atomic mass is 10.0. The zero-order valence-corrected chi connectivity index (χ0v) is 19.1. The highest BCUT2D eigenvalue weighted by Crippen LogP contribution is 2.31. The maximum atomic E-state index is 12.9. The van der Waals surface area contributed by atoms with Gasteiger partial charge in [-0.25, -0.2) is 14.3 Å². The summed E-state index contributed by atoms with van der Waals surface area (Å²) in [6.07, 6.45) is 6.32. The second kappa shape index (κ2) is 9.88. The highest BCUT2D eigenvalue weighted by molar-refractivity contribution is 5.85. The van der Waals surface area contributed by atoms with Crippen LogP contribution < -0.4 is 14.8 Å². The van der Waals surface area contributed by atoms with E-state index >= 15 is 0 Å². The van der Waals surface area contributed by atoms with Crippen molar-refractivity contribution in [2.75, 3.05) is 19.7 Å². The molecule has 33 heavy (non-hydrogen) atoms. The summed E-state index contributed by atoms with van der Waals surface area (Å²) >= 11 is 0. The van der Waals surface area contributed by atoms with Crippen molar-refractivity contribution in [3.8, 4) is 28.8 Å². The predicted molar refractivity (Wildman–Crippen MR) is 123 cm³/mol. The molecule has 1 saturated heterocycles. The summed E-state index contributed by atoms with van der Waals surface area (Å²) in [4.78, 5) is 19.1. The molecule has 0 spiro atoms. The fourth-order valence-electron chi connectivity index (χ4n) is 4.25. The zero-order chi connectivity index (χ0) is 23.4. The van der Waals surface area contributed by atoms with Crippen LogP contribution in [0, 0.1) is 11.3 Å². The van der Waals surface area contributed by atoms with Crippen LogP contribution in [0.1, 0.15) is 39.2 Å². The van der Waals surface area contributed by atoms with Crippen molar-refractivity contribution < 1.29 is 14.3 Å². The lowest BCUT2D eigenvalue weighted by Gasteiger charge is -2.36. The molecule has 0 atom stereocenters. The van der Waals surface area contributed by atoms with Crippen LogP contribution in [0.4, 0.5) is 4.79 Å². The Morgan fingerprint density at radius 3 is 2.76 bits per heavy atom. The number of piperidine rings is 1. The molecule has 172 valence electrons.